The van der Waals surface area contributed by atoms with Crippen molar-refractivity contribution in [1.82, 2.24) is 0 Å². The summed E-state index contributed by atoms with van der Waals surface area (Å²) in [6.45, 7) is 3.55. The molecule has 2 rings (SSSR count). The van der Waals surface area contributed by atoms with Crippen molar-refractivity contribution < 1.29 is 21.2 Å². The number of sulfone groups is 1. The summed E-state index contributed by atoms with van der Waals surface area (Å²) in [5.74, 6) is -0.713. The van der Waals surface area contributed by atoms with Crippen LogP contribution >= 0.6 is 0 Å². The number of benzene rings is 2. The van der Waals surface area contributed by atoms with Crippen LogP contribution in [0.15, 0.2) is 57.2 Å². The largest absolute Gasteiger partial charge is 0.238 e. The fraction of sp³-hybridized carbons (Fsp3) is 0.200. The van der Waals surface area contributed by atoms with Crippen molar-refractivity contribution in [3.8, 4) is 0 Å². The number of primary sulfonamides is 1. The van der Waals surface area contributed by atoms with E-state index in [4.69, 9.17) is 5.14 Å². The SMILES string of the molecule is CC(C)c1ccc(S(=O)(=O)c2ccc(F)cc2)cc1S(N)(=O)=O. The number of halogens is 1. The lowest BCUT2D eigenvalue weighted by molar-refractivity contribution is 0.592. The van der Waals surface area contributed by atoms with E-state index in [1.165, 1.54) is 12.1 Å². The maximum atomic E-state index is 12.9. The molecule has 0 aliphatic rings. The van der Waals surface area contributed by atoms with Gasteiger partial charge in [0.05, 0.1) is 14.7 Å². The first-order valence-electron chi connectivity index (χ1n) is 6.71. The van der Waals surface area contributed by atoms with E-state index >= 15 is 0 Å². The van der Waals surface area contributed by atoms with Crippen LogP contribution < -0.4 is 5.14 Å². The summed E-state index contributed by atoms with van der Waals surface area (Å²) >= 11 is 0. The van der Waals surface area contributed by atoms with E-state index in [1.807, 2.05) is 0 Å². The third-order valence-electron chi connectivity index (χ3n) is 3.35. The zero-order valence-electron chi connectivity index (χ0n) is 12.5. The van der Waals surface area contributed by atoms with Crippen LogP contribution in [0.1, 0.15) is 25.3 Å². The molecule has 0 saturated carbocycles. The van der Waals surface area contributed by atoms with E-state index in [0.29, 0.717) is 5.56 Å². The molecule has 2 N–H and O–H groups in total. The molecule has 0 heterocycles. The Bertz CT molecular complexity index is 934. The van der Waals surface area contributed by atoms with Crippen molar-refractivity contribution in [2.24, 2.45) is 5.14 Å². The lowest BCUT2D eigenvalue weighted by Gasteiger charge is -2.13. The van der Waals surface area contributed by atoms with Crippen molar-refractivity contribution in [2.75, 3.05) is 0 Å². The summed E-state index contributed by atoms with van der Waals surface area (Å²) in [6.07, 6.45) is 0. The maximum absolute atomic E-state index is 12.9. The molecule has 5 nitrogen and oxygen atoms in total. The molecule has 2 aromatic rings. The van der Waals surface area contributed by atoms with Crippen molar-refractivity contribution >= 4 is 19.9 Å². The fourth-order valence-electron chi connectivity index (χ4n) is 2.16. The van der Waals surface area contributed by atoms with Crippen molar-refractivity contribution in [1.29, 1.82) is 0 Å². The van der Waals surface area contributed by atoms with Crippen molar-refractivity contribution in [3.63, 3.8) is 0 Å². The average molecular weight is 357 g/mol. The van der Waals surface area contributed by atoms with Gasteiger partial charge in [0.25, 0.3) is 0 Å². The molecule has 23 heavy (non-hydrogen) atoms. The van der Waals surface area contributed by atoms with Gasteiger partial charge in [-0.1, -0.05) is 19.9 Å². The molecule has 0 spiro atoms. The third kappa shape index (κ3) is 3.60. The predicted molar refractivity (Wildman–Crippen MR) is 83.8 cm³/mol. The minimum Gasteiger partial charge on any atom is -0.225 e. The Balaban J connectivity index is 2.67. The van der Waals surface area contributed by atoms with Crippen LogP contribution in [0.4, 0.5) is 4.39 Å². The minimum atomic E-state index is -4.07. The van der Waals surface area contributed by atoms with E-state index < -0.39 is 25.7 Å². The summed E-state index contributed by atoms with van der Waals surface area (Å²) < 4.78 is 61.5. The molecule has 124 valence electrons. The van der Waals surface area contributed by atoms with Crippen LogP contribution in [0.3, 0.4) is 0 Å². The minimum absolute atomic E-state index is 0.128. The highest BCUT2D eigenvalue weighted by Crippen LogP contribution is 2.28. The molecule has 0 unspecified atom stereocenters. The van der Waals surface area contributed by atoms with E-state index in [-0.39, 0.29) is 20.6 Å². The molecule has 0 aliphatic carbocycles. The number of hydrogen-bond donors (Lipinski definition) is 1. The fourth-order valence-corrected chi connectivity index (χ4v) is 4.44. The van der Waals surface area contributed by atoms with Gasteiger partial charge in [0.2, 0.25) is 19.9 Å². The first-order chi connectivity index (χ1) is 10.5. The smallest absolute Gasteiger partial charge is 0.225 e. The van der Waals surface area contributed by atoms with Crippen molar-refractivity contribution in [2.45, 2.75) is 34.5 Å². The van der Waals surface area contributed by atoms with Gasteiger partial charge in [0.15, 0.2) is 0 Å². The highest BCUT2D eigenvalue weighted by atomic mass is 32.2. The summed E-state index contributed by atoms with van der Waals surface area (Å²) in [4.78, 5) is -0.565. The summed E-state index contributed by atoms with van der Waals surface area (Å²) in [5, 5.41) is 5.19. The topological polar surface area (TPSA) is 94.3 Å². The molecule has 0 aliphatic heterocycles. The summed E-state index contributed by atoms with van der Waals surface area (Å²) in [6, 6.07) is 8.09. The lowest BCUT2D eigenvalue weighted by atomic mass is 10.0. The number of sulfonamides is 1. The maximum Gasteiger partial charge on any atom is 0.238 e. The second-order valence-electron chi connectivity index (χ2n) is 5.36. The molecule has 2 aromatic carbocycles. The Hall–Kier alpha value is -1.77. The van der Waals surface area contributed by atoms with Crippen LogP contribution in [0.2, 0.25) is 0 Å². The molecule has 0 saturated heterocycles. The molecule has 0 aromatic heterocycles. The Morgan fingerprint density at radius 1 is 0.913 bits per heavy atom. The standard InChI is InChI=1S/C15H16FNO4S2/c1-10(2)14-8-7-13(9-15(14)23(17,20)21)22(18,19)12-5-3-11(16)4-6-12/h3-10H,1-2H3,(H2,17,20,21). The quantitative estimate of drug-likeness (QED) is 0.850. The normalized spacial score (nSPS) is 12.6. The summed E-state index contributed by atoms with van der Waals surface area (Å²) in [5.41, 5.74) is 0.436. The number of rotatable bonds is 4. The molecule has 0 atom stereocenters. The molecule has 0 fully saturated rings. The Morgan fingerprint density at radius 2 is 1.43 bits per heavy atom. The predicted octanol–water partition coefficient (Wildman–Crippen LogP) is 2.43. The number of nitrogens with two attached hydrogens (primary N) is 1. The molecule has 0 bridgehead atoms. The Kier molecular flexibility index (Phi) is 4.61. The van der Waals surface area contributed by atoms with Crippen LogP contribution in [0, 0.1) is 5.82 Å². The highest BCUT2D eigenvalue weighted by molar-refractivity contribution is 7.91. The van der Waals surface area contributed by atoms with Gasteiger partial charge in [0.1, 0.15) is 5.82 Å². The molecule has 0 radical (unpaired) electrons. The van der Waals surface area contributed by atoms with Gasteiger partial charge in [-0.2, -0.15) is 0 Å². The zero-order chi connectivity index (χ0) is 17.4. The highest BCUT2D eigenvalue weighted by Gasteiger charge is 2.23. The second-order valence-corrected chi connectivity index (χ2v) is 8.84. The van der Waals surface area contributed by atoms with E-state index in [0.717, 1.165) is 30.3 Å². The van der Waals surface area contributed by atoms with Gasteiger partial charge in [-0.25, -0.2) is 26.4 Å². The monoisotopic (exact) mass is 357 g/mol. The lowest BCUT2D eigenvalue weighted by Crippen LogP contribution is -2.16. The van der Waals surface area contributed by atoms with Gasteiger partial charge in [-0.05, 0) is 47.9 Å². The van der Waals surface area contributed by atoms with Gasteiger partial charge in [-0.15, -0.1) is 0 Å². The molecule has 8 heteroatoms. The number of hydrogen-bond acceptors (Lipinski definition) is 4. The second kappa shape index (κ2) is 6.03. The van der Waals surface area contributed by atoms with Gasteiger partial charge in [0, 0.05) is 0 Å². The average Bonchev–Trinajstić information content (AvgIpc) is 2.46. The van der Waals surface area contributed by atoms with Crippen LogP contribution in [-0.2, 0) is 19.9 Å². The first kappa shape index (κ1) is 17.6. The first-order valence-corrected chi connectivity index (χ1v) is 9.74. The third-order valence-corrected chi connectivity index (χ3v) is 6.08. The van der Waals surface area contributed by atoms with E-state index in [1.54, 1.807) is 13.8 Å². The van der Waals surface area contributed by atoms with Gasteiger partial charge < -0.3 is 0 Å². The van der Waals surface area contributed by atoms with Crippen molar-refractivity contribution in [3.05, 3.63) is 53.8 Å². The Morgan fingerprint density at radius 3 is 1.91 bits per heavy atom. The Labute approximate surface area is 134 Å². The van der Waals surface area contributed by atoms with E-state index in [2.05, 4.69) is 0 Å². The van der Waals surface area contributed by atoms with Crippen LogP contribution in [0.5, 0.6) is 0 Å². The zero-order valence-corrected chi connectivity index (χ0v) is 14.2. The molecule has 0 amide bonds. The molecular formula is C15H16FNO4S2. The summed E-state index contributed by atoms with van der Waals surface area (Å²) in [7, 11) is -8.04. The van der Waals surface area contributed by atoms with Crippen LogP contribution in [0.25, 0.3) is 0 Å². The van der Waals surface area contributed by atoms with Gasteiger partial charge >= 0.3 is 0 Å². The molecular weight excluding hydrogens is 341 g/mol. The van der Waals surface area contributed by atoms with Crippen LogP contribution in [-0.4, -0.2) is 16.8 Å². The van der Waals surface area contributed by atoms with Gasteiger partial charge in [-0.3, -0.25) is 0 Å². The van der Waals surface area contributed by atoms with E-state index in [9.17, 15) is 21.2 Å².